The Morgan fingerprint density at radius 3 is 1.89 bits per heavy atom. The van der Waals surface area contributed by atoms with Crippen LogP contribution in [0, 0.1) is 31.6 Å². The first-order chi connectivity index (χ1) is 22.4. The van der Waals surface area contributed by atoms with Gasteiger partial charge in [0.1, 0.15) is 16.8 Å². The molecule has 6 fully saturated rings. The fraction of sp³-hybridized carbons (Fsp3) is 0.568. The molecule has 8 heterocycles. The summed E-state index contributed by atoms with van der Waals surface area (Å²) < 4.78 is 15.5. The third kappa shape index (κ3) is 6.73. The maximum atomic E-state index is 12.8. The zero-order valence-corrected chi connectivity index (χ0v) is 28.6. The number of aromatic nitrogens is 2. The number of carbonyl (C=O) groups excluding carboxylic acids is 2. The van der Waals surface area contributed by atoms with Crippen molar-refractivity contribution in [3.05, 3.63) is 53.7 Å². The van der Waals surface area contributed by atoms with Crippen molar-refractivity contribution in [2.24, 2.45) is 23.5 Å². The number of oxazole rings is 2. The Kier molecular flexibility index (Phi) is 9.30. The van der Waals surface area contributed by atoms with Gasteiger partial charge in [0.2, 0.25) is 0 Å². The third-order valence-corrected chi connectivity index (χ3v) is 11.4. The van der Waals surface area contributed by atoms with Gasteiger partial charge >= 0.3 is 0 Å². The number of hydrogen-bond acceptors (Lipinski definition) is 10. The number of benzene rings is 2. The van der Waals surface area contributed by atoms with Crippen LogP contribution in [-0.4, -0.2) is 75.3 Å². The van der Waals surface area contributed by atoms with Gasteiger partial charge in [-0.3, -0.25) is 19.4 Å². The topological polar surface area (TPSA) is 128 Å². The molecule has 10 heteroatoms. The molecule has 2 N–H and O–H groups in total. The van der Waals surface area contributed by atoms with Crippen LogP contribution in [0.1, 0.15) is 81.9 Å². The third-order valence-electron chi connectivity index (χ3n) is 11.4. The molecular formula is C37H49N5O5. The van der Waals surface area contributed by atoms with Gasteiger partial charge in [0.15, 0.2) is 28.7 Å². The second kappa shape index (κ2) is 13.1. The fourth-order valence-electron chi connectivity index (χ4n) is 8.41. The van der Waals surface area contributed by atoms with E-state index < -0.39 is 0 Å². The molecule has 0 radical (unpaired) electrons. The van der Waals surface area contributed by atoms with Crippen LogP contribution in [0.15, 0.2) is 45.2 Å². The summed E-state index contributed by atoms with van der Waals surface area (Å²) in [5.74, 6) is 3.86. The molecule has 6 aliphatic rings. The van der Waals surface area contributed by atoms with E-state index in [1.165, 1.54) is 51.9 Å². The number of carbonyl (C=O) groups is 2. The van der Waals surface area contributed by atoms with Crippen LogP contribution in [0.5, 0.6) is 5.75 Å². The van der Waals surface area contributed by atoms with E-state index >= 15 is 0 Å². The van der Waals surface area contributed by atoms with Gasteiger partial charge in [0, 0.05) is 49.0 Å². The summed E-state index contributed by atoms with van der Waals surface area (Å²) in [6.45, 7) is 18.1. The largest absolute Gasteiger partial charge is 0.441 e. The van der Waals surface area contributed by atoms with Gasteiger partial charge in [-0.2, -0.15) is 0 Å². The average molecular weight is 644 g/mol. The molecule has 6 saturated heterocycles. The standard InChI is InChI=1S/C19H24N2O2.C9H18N2.C9H7NO3/c1-12-20-16-5-4-14(10-18(16)23-12)17(22)11-15-13-6-8-21(9-7-13)19(15,2)3;1-9(2)8(10)7-3-5-11(9)6-4-7;1-6-10-8-3-2-7(12-5-11)4-9(8)13-6/h4-5,10,13,15H,6-9,11H2,1-3H3;7-8H,3-6,10H2,1-2H3;2-5H,1H3/t15-;8-;/m11./s1. The summed E-state index contributed by atoms with van der Waals surface area (Å²) in [5.41, 5.74) is 10.2. The Bertz CT molecular complexity index is 1720. The van der Waals surface area contributed by atoms with Crippen LogP contribution in [0.25, 0.3) is 22.2 Å². The molecule has 0 unspecified atom stereocenters. The zero-order valence-electron chi connectivity index (χ0n) is 28.6. The Morgan fingerprint density at radius 1 is 0.851 bits per heavy atom. The van der Waals surface area contributed by atoms with E-state index in [9.17, 15) is 9.59 Å². The minimum Gasteiger partial charge on any atom is -0.441 e. The number of nitrogens with two attached hydrogens (primary N) is 1. The predicted molar refractivity (Wildman–Crippen MR) is 181 cm³/mol. The molecule has 2 aromatic heterocycles. The number of ketones is 1. The number of aryl methyl sites for hydroxylation is 2. The fourth-order valence-corrected chi connectivity index (χ4v) is 8.41. The van der Waals surface area contributed by atoms with Gasteiger partial charge in [-0.15, -0.1) is 0 Å². The van der Waals surface area contributed by atoms with Crippen LogP contribution in [0.2, 0.25) is 0 Å². The van der Waals surface area contributed by atoms with Crippen LogP contribution in [-0.2, 0) is 4.79 Å². The Balaban J connectivity index is 0.000000136. The van der Waals surface area contributed by atoms with Crippen molar-refractivity contribution < 1.29 is 23.2 Å². The van der Waals surface area contributed by atoms with E-state index in [2.05, 4.69) is 52.2 Å². The molecule has 47 heavy (non-hydrogen) atoms. The van der Waals surface area contributed by atoms with Crippen molar-refractivity contribution in [1.82, 2.24) is 19.8 Å². The lowest BCUT2D eigenvalue weighted by Gasteiger charge is -2.56. The quantitative estimate of drug-likeness (QED) is 0.195. The van der Waals surface area contributed by atoms with E-state index in [-0.39, 0.29) is 16.9 Å². The highest BCUT2D eigenvalue weighted by Crippen LogP contribution is 2.46. The first kappa shape index (κ1) is 33.3. The lowest BCUT2D eigenvalue weighted by molar-refractivity contribution is -0.120. The molecule has 4 aromatic rings. The molecule has 2 aromatic carbocycles. The zero-order chi connectivity index (χ0) is 33.5. The van der Waals surface area contributed by atoms with Crippen molar-refractivity contribution >= 4 is 34.5 Å². The summed E-state index contributed by atoms with van der Waals surface area (Å²) >= 11 is 0. The number of rotatable bonds is 5. The minimum absolute atomic E-state index is 0.129. The Morgan fingerprint density at radius 2 is 1.38 bits per heavy atom. The number of fused-ring (bicyclic) bond motifs is 8. The normalized spacial score (nSPS) is 28.2. The van der Waals surface area contributed by atoms with E-state index in [1.54, 1.807) is 25.1 Å². The number of ether oxygens (including phenoxy) is 1. The first-order valence-corrected chi connectivity index (χ1v) is 17.0. The molecule has 4 bridgehead atoms. The van der Waals surface area contributed by atoms with E-state index in [1.807, 2.05) is 25.1 Å². The summed E-state index contributed by atoms with van der Waals surface area (Å²) in [6, 6.07) is 11.1. The van der Waals surface area contributed by atoms with Gasteiger partial charge in [-0.05, 0) is 128 Å². The highest BCUT2D eigenvalue weighted by Gasteiger charge is 2.48. The van der Waals surface area contributed by atoms with E-state index in [4.69, 9.17) is 14.6 Å². The van der Waals surface area contributed by atoms with E-state index in [0.717, 1.165) is 22.5 Å². The maximum absolute atomic E-state index is 12.8. The van der Waals surface area contributed by atoms with Crippen molar-refractivity contribution in [1.29, 1.82) is 0 Å². The maximum Gasteiger partial charge on any atom is 0.298 e. The molecule has 2 atom stereocenters. The lowest BCUT2D eigenvalue weighted by Crippen LogP contribution is -2.67. The Hall–Kier alpha value is -3.60. The minimum atomic E-state index is 0.129. The molecule has 0 aliphatic carbocycles. The smallest absolute Gasteiger partial charge is 0.298 e. The van der Waals surface area contributed by atoms with Gasteiger partial charge in [-0.1, -0.05) is 0 Å². The lowest BCUT2D eigenvalue weighted by atomic mass is 9.65. The highest BCUT2D eigenvalue weighted by molar-refractivity contribution is 5.98. The second-order valence-electron chi connectivity index (χ2n) is 14.7. The predicted octanol–water partition coefficient (Wildman–Crippen LogP) is 6.32. The number of Topliss-reactive ketones (excluding diaryl/α,β-unsaturated/α-hetero) is 1. The van der Waals surface area contributed by atoms with Crippen LogP contribution >= 0.6 is 0 Å². The summed E-state index contributed by atoms with van der Waals surface area (Å²) in [5, 5.41) is 0. The second-order valence-corrected chi connectivity index (χ2v) is 14.7. The first-order valence-electron chi connectivity index (χ1n) is 17.0. The average Bonchev–Trinajstić information content (AvgIpc) is 3.62. The molecule has 6 aliphatic heterocycles. The Labute approximate surface area is 277 Å². The number of hydrogen-bond donors (Lipinski definition) is 1. The number of nitrogens with zero attached hydrogens (tertiary/aromatic N) is 4. The molecular weight excluding hydrogens is 594 g/mol. The van der Waals surface area contributed by atoms with Gasteiger partial charge in [0.05, 0.1) is 0 Å². The molecule has 0 spiro atoms. The van der Waals surface area contributed by atoms with Crippen LogP contribution in [0.3, 0.4) is 0 Å². The summed E-state index contributed by atoms with van der Waals surface area (Å²) in [6.07, 6.45) is 5.76. The monoisotopic (exact) mass is 643 g/mol. The van der Waals surface area contributed by atoms with Crippen LogP contribution < -0.4 is 10.5 Å². The van der Waals surface area contributed by atoms with Crippen LogP contribution in [0.4, 0.5) is 0 Å². The van der Waals surface area contributed by atoms with Crippen molar-refractivity contribution in [2.45, 2.75) is 90.8 Å². The SMILES string of the molecule is CC1(C)[C@H](N)C2CCN1CC2.Cc1nc2ccc(C(=O)C[C@@H]3C4CCN(CC4)C3(C)C)cc2o1.Cc1nc2ccc(OC=O)cc2o1. The molecule has 0 saturated carbocycles. The van der Waals surface area contributed by atoms with Gasteiger partial charge in [0.25, 0.3) is 6.47 Å². The van der Waals surface area contributed by atoms with Crippen molar-refractivity contribution in [2.75, 3.05) is 26.2 Å². The summed E-state index contributed by atoms with van der Waals surface area (Å²) in [7, 11) is 0. The van der Waals surface area contributed by atoms with E-state index in [0.29, 0.717) is 59.5 Å². The molecule has 10 nitrogen and oxygen atoms in total. The molecule has 10 rings (SSSR count). The summed E-state index contributed by atoms with van der Waals surface area (Å²) in [4.78, 5) is 36.4. The van der Waals surface area contributed by atoms with Gasteiger partial charge < -0.3 is 19.3 Å². The number of piperidine rings is 6. The molecule has 0 amide bonds. The van der Waals surface area contributed by atoms with Gasteiger partial charge in [-0.25, -0.2) is 9.97 Å². The van der Waals surface area contributed by atoms with Crippen molar-refractivity contribution in [3.63, 3.8) is 0 Å². The highest BCUT2D eigenvalue weighted by atomic mass is 16.5. The molecule has 252 valence electrons. The van der Waals surface area contributed by atoms with Crippen molar-refractivity contribution in [3.8, 4) is 5.75 Å².